The molecule has 0 aliphatic rings. The van der Waals surface area contributed by atoms with Gasteiger partial charge >= 0.3 is 11.7 Å². The molecule has 8 nitrogen and oxygen atoms in total. The molecule has 2 heterocycles. The van der Waals surface area contributed by atoms with E-state index in [1.54, 1.807) is 6.20 Å². The Labute approximate surface area is 146 Å². The topological polar surface area (TPSA) is 121 Å². The fraction of sp³-hybridized carbons (Fsp3) is 0.125. The third-order valence-corrected chi connectivity index (χ3v) is 4.55. The van der Waals surface area contributed by atoms with Crippen molar-refractivity contribution in [3.05, 3.63) is 64.5 Å². The number of pyridine rings is 1. The van der Waals surface area contributed by atoms with E-state index in [4.69, 9.17) is 0 Å². The number of hydrogen-bond acceptors (Lipinski definition) is 6. The van der Waals surface area contributed by atoms with Gasteiger partial charge in [0.2, 0.25) is 0 Å². The van der Waals surface area contributed by atoms with E-state index in [0.29, 0.717) is 0 Å². The van der Waals surface area contributed by atoms with E-state index in [2.05, 4.69) is 14.7 Å². The highest BCUT2D eigenvalue weighted by Gasteiger charge is 2.22. The Morgan fingerprint density at radius 1 is 1.36 bits per heavy atom. The fourth-order valence-electron chi connectivity index (χ4n) is 2.43. The molecule has 0 aliphatic carbocycles. The van der Waals surface area contributed by atoms with Gasteiger partial charge in [-0.25, -0.2) is 9.71 Å². The Kier molecular flexibility index (Phi) is 4.96. The average Bonchev–Trinajstić information content (AvgIpc) is 3.01. The SMILES string of the molecule is O=C(O)[C@H](Cc1c[nH]c2ccccc12)NSc1ncccc1[N+](=O)[O-]. The highest BCUT2D eigenvalue weighted by atomic mass is 32.2. The molecule has 0 fully saturated rings. The van der Waals surface area contributed by atoms with Gasteiger partial charge in [0, 0.05) is 35.8 Å². The number of carboxylic acids is 1. The van der Waals surface area contributed by atoms with Crippen molar-refractivity contribution in [2.45, 2.75) is 17.5 Å². The molecule has 0 aliphatic heterocycles. The number of nitrogens with zero attached hydrogens (tertiary/aromatic N) is 2. The number of aliphatic carboxylic acids is 1. The lowest BCUT2D eigenvalue weighted by Crippen LogP contribution is -2.34. The minimum absolute atomic E-state index is 0.123. The summed E-state index contributed by atoms with van der Waals surface area (Å²) < 4.78 is 2.77. The minimum Gasteiger partial charge on any atom is -0.480 e. The average molecular weight is 358 g/mol. The molecule has 0 amide bonds. The number of fused-ring (bicyclic) bond motifs is 1. The summed E-state index contributed by atoms with van der Waals surface area (Å²) in [7, 11) is 0. The number of carbonyl (C=O) groups is 1. The van der Waals surface area contributed by atoms with Crippen molar-refractivity contribution < 1.29 is 14.8 Å². The molecule has 0 spiro atoms. The molecule has 128 valence electrons. The van der Waals surface area contributed by atoms with Crippen LogP contribution in [0.3, 0.4) is 0 Å². The van der Waals surface area contributed by atoms with E-state index < -0.39 is 16.9 Å². The third-order valence-electron chi connectivity index (χ3n) is 3.64. The van der Waals surface area contributed by atoms with Crippen LogP contribution in [0.4, 0.5) is 5.69 Å². The van der Waals surface area contributed by atoms with Gasteiger partial charge in [-0.05, 0) is 29.6 Å². The van der Waals surface area contributed by atoms with Crippen LogP contribution in [0.5, 0.6) is 0 Å². The lowest BCUT2D eigenvalue weighted by atomic mass is 10.1. The number of para-hydroxylation sites is 1. The van der Waals surface area contributed by atoms with E-state index in [0.717, 1.165) is 28.4 Å². The van der Waals surface area contributed by atoms with Gasteiger partial charge in [0.05, 0.1) is 4.92 Å². The number of nitro groups is 1. The molecule has 3 N–H and O–H groups in total. The summed E-state index contributed by atoms with van der Waals surface area (Å²) in [6, 6.07) is 9.46. The molecule has 0 radical (unpaired) electrons. The normalized spacial score (nSPS) is 12.2. The maximum atomic E-state index is 11.6. The van der Waals surface area contributed by atoms with Crippen molar-refractivity contribution in [3.63, 3.8) is 0 Å². The number of aromatic amines is 1. The lowest BCUT2D eigenvalue weighted by molar-refractivity contribution is -0.388. The zero-order valence-electron chi connectivity index (χ0n) is 12.9. The van der Waals surface area contributed by atoms with E-state index in [1.165, 1.54) is 18.3 Å². The van der Waals surface area contributed by atoms with Gasteiger partial charge < -0.3 is 10.1 Å². The Bertz CT molecular complexity index is 927. The first-order valence-corrected chi connectivity index (χ1v) is 8.17. The first kappa shape index (κ1) is 16.9. The smallest absolute Gasteiger partial charge is 0.321 e. The van der Waals surface area contributed by atoms with Crippen molar-refractivity contribution in [1.29, 1.82) is 0 Å². The minimum atomic E-state index is -1.05. The molecule has 9 heteroatoms. The summed E-state index contributed by atoms with van der Waals surface area (Å²) in [5.41, 5.74) is 1.61. The highest BCUT2D eigenvalue weighted by molar-refractivity contribution is 7.97. The van der Waals surface area contributed by atoms with Crippen LogP contribution in [0.25, 0.3) is 10.9 Å². The first-order chi connectivity index (χ1) is 12.1. The number of aromatic nitrogens is 2. The van der Waals surface area contributed by atoms with Crippen LogP contribution < -0.4 is 4.72 Å². The number of H-pyrrole nitrogens is 1. The summed E-state index contributed by atoms with van der Waals surface area (Å²) in [5.74, 6) is -1.05. The second-order valence-corrected chi connectivity index (χ2v) is 6.09. The molecule has 1 aromatic carbocycles. The summed E-state index contributed by atoms with van der Waals surface area (Å²) in [6.45, 7) is 0. The predicted molar refractivity (Wildman–Crippen MR) is 93.3 cm³/mol. The van der Waals surface area contributed by atoms with Crippen LogP contribution in [-0.2, 0) is 11.2 Å². The molecular weight excluding hydrogens is 344 g/mol. The number of hydrogen-bond donors (Lipinski definition) is 3. The van der Waals surface area contributed by atoms with Gasteiger partial charge in [-0.15, -0.1) is 0 Å². The zero-order chi connectivity index (χ0) is 17.8. The maximum absolute atomic E-state index is 11.6. The van der Waals surface area contributed by atoms with Crippen LogP contribution in [0.15, 0.2) is 53.8 Å². The Balaban J connectivity index is 1.77. The second-order valence-electron chi connectivity index (χ2n) is 5.26. The number of carboxylic acid groups (broad SMARTS) is 1. The molecule has 0 unspecified atom stereocenters. The predicted octanol–water partition coefficient (Wildman–Crippen LogP) is 2.76. The van der Waals surface area contributed by atoms with Crippen molar-refractivity contribution in [2.24, 2.45) is 0 Å². The van der Waals surface area contributed by atoms with Crippen LogP contribution in [-0.4, -0.2) is 32.0 Å². The largest absolute Gasteiger partial charge is 0.480 e. The molecule has 0 saturated heterocycles. The number of benzene rings is 1. The third kappa shape index (κ3) is 3.78. The standard InChI is InChI=1S/C16H14N4O4S/c21-16(22)13(8-10-9-18-12-5-2-1-4-11(10)12)19-25-15-14(20(23)24)6-3-7-17-15/h1-7,9,13,18-19H,8H2,(H,21,22)/t13-/m0/s1. The van der Waals surface area contributed by atoms with Gasteiger partial charge in [0.15, 0.2) is 5.03 Å². The summed E-state index contributed by atoms with van der Waals surface area (Å²) >= 11 is 0.845. The quantitative estimate of drug-likeness (QED) is 0.337. The monoisotopic (exact) mass is 358 g/mol. The molecule has 1 atom stereocenters. The van der Waals surface area contributed by atoms with E-state index >= 15 is 0 Å². The van der Waals surface area contributed by atoms with Crippen molar-refractivity contribution in [2.75, 3.05) is 0 Å². The molecule has 3 rings (SSSR count). The molecule has 25 heavy (non-hydrogen) atoms. The molecule has 0 bridgehead atoms. The number of nitrogens with one attached hydrogen (secondary N) is 2. The summed E-state index contributed by atoms with van der Waals surface area (Å²) in [6.07, 6.45) is 3.43. The fourth-order valence-corrected chi connectivity index (χ4v) is 3.23. The van der Waals surface area contributed by atoms with Crippen LogP contribution in [0, 0.1) is 10.1 Å². The van der Waals surface area contributed by atoms with Crippen LogP contribution in [0.2, 0.25) is 0 Å². The Morgan fingerprint density at radius 3 is 2.92 bits per heavy atom. The summed E-state index contributed by atoms with van der Waals surface area (Å²) in [5, 5.41) is 21.5. The highest BCUT2D eigenvalue weighted by Crippen LogP contribution is 2.25. The molecular formula is C16H14N4O4S. The molecule has 2 aromatic heterocycles. The maximum Gasteiger partial charge on any atom is 0.321 e. The van der Waals surface area contributed by atoms with Gasteiger partial charge in [-0.1, -0.05) is 18.2 Å². The first-order valence-electron chi connectivity index (χ1n) is 7.36. The van der Waals surface area contributed by atoms with Crippen molar-refractivity contribution in [1.82, 2.24) is 14.7 Å². The van der Waals surface area contributed by atoms with Gasteiger partial charge in [0.25, 0.3) is 0 Å². The molecule has 3 aromatic rings. The van der Waals surface area contributed by atoms with E-state index in [-0.39, 0.29) is 17.1 Å². The van der Waals surface area contributed by atoms with E-state index in [9.17, 15) is 20.0 Å². The zero-order valence-corrected chi connectivity index (χ0v) is 13.7. The summed E-state index contributed by atoms with van der Waals surface area (Å²) in [4.78, 5) is 29.1. The van der Waals surface area contributed by atoms with E-state index in [1.807, 2.05) is 24.3 Å². The molecule has 0 saturated carbocycles. The lowest BCUT2D eigenvalue weighted by Gasteiger charge is -2.13. The van der Waals surface area contributed by atoms with Gasteiger partial charge in [-0.3, -0.25) is 14.9 Å². The van der Waals surface area contributed by atoms with Crippen molar-refractivity contribution in [3.8, 4) is 0 Å². The number of rotatable bonds is 7. The van der Waals surface area contributed by atoms with Crippen molar-refractivity contribution >= 4 is 34.5 Å². The van der Waals surface area contributed by atoms with Crippen LogP contribution >= 0.6 is 11.9 Å². The second kappa shape index (κ2) is 7.32. The Hall–Kier alpha value is -2.91. The van der Waals surface area contributed by atoms with Gasteiger partial charge in [0.1, 0.15) is 6.04 Å². The van der Waals surface area contributed by atoms with Crippen LogP contribution in [0.1, 0.15) is 5.56 Å². The Morgan fingerprint density at radius 2 is 2.16 bits per heavy atom. The van der Waals surface area contributed by atoms with Gasteiger partial charge in [-0.2, -0.15) is 0 Å².